The van der Waals surface area contributed by atoms with Gasteiger partial charge in [-0.05, 0) is 85.9 Å². The van der Waals surface area contributed by atoms with Crippen molar-refractivity contribution >= 4 is 23.8 Å². The summed E-state index contributed by atoms with van der Waals surface area (Å²) >= 11 is 0. The van der Waals surface area contributed by atoms with Crippen LogP contribution < -0.4 is 0 Å². The molecule has 7 atom stereocenters. The van der Waals surface area contributed by atoms with Crippen molar-refractivity contribution in [3.05, 3.63) is 0 Å². The number of nitrogens with zero attached hydrogens (tertiary/aromatic N) is 1. The molecule has 1 saturated heterocycles. The summed E-state index contributed by atoms with van der Waals surface area (Å²) in [5, 5.41) is 0. The molecular weight excluding hydrogens is 450 g/mol. The highest BCUT2D eigenvalue weighted by Gasteiger charge is 2.58. The second-order valence-corrected chi connectivity index (χ2v) is 11.9. The lowest BCUT2D eigenvalue weighted by Crippen LogP contribution is -2.59. The quantitative estimate of drug-likeness (QED) is 0.429. The van der Waals surface area contributed by atoms with Gasteiger partial charge in [0, 0.05) is 26.9 Å². The summed E-state index contributed by atoms with van der Waals surface area (Å²) in [5.74, 6) is 1.06. The number of likely N-dealkylation sites (tertiary alicyclic amines) is 1. The summed E-state index contributed by atoms with van der Waals surface area (Å²) in [6.45, 7) is 8.47. The van der Waals surface area contributed by atoms with Crippen LogP contribution in [0.25, 0.3) is 0 Å². The zero-order chi connectivity index (χ0) is 25.4. The first-order valence-electron chi connectivity index (χ1n) is 13.3. The van der Waals surface area contributed by atoms with Gasteiger partial charge in [-0.3, -0.25) is 14.4 Å². The lowest BCUT2D eigenvalue weighted by Gasteiger charge is -2.63. The molecule has 4 fully saturated rings. The van der Waals surface area contributed by atoms with Crippen molar-refractivity contribution in [3.8, 4) is 0 Å². The van der Waals surface area contributed by atoms with Gasteiger partial charge in [-0.2, -0.15) is 0 Å². The van der Waals surface area contributed by atoms with Crippen LogP contribution in [0, 0.1) is 34.5 Å². The fourth-order valence-corrected chi connectivity index (χ4v) is 8.14. The highest BCUT2D eigenvalue weighted by molar-refractivity contribution is 5.80. The Balaban J connectivity index is 1.37. The van der Waals surface area contributed by atoms with Crippen molar-refractivity contribution in [3.63, 3.8) is 0 Å². The first kappa shape index (κ1) is 26.0. The number of hydrogen-bond donors (Lipinski definition) is 0. The van der Waals surface area contributed by atoms with E-state index in [0.717, 1.165) is 51.6 Å². The molecule has 1 amide bonds. The van der Waals surface area contributed by atoms with Gasteiger partial charge in [0.05, 0.1) is 0 Å². The Morgan fingerprint density at radius 3 is 2.29 bits per heavy atom. The van der Waals surface area contributed by atoms with Crippen LogP contribution in [0.5, 0.6) is 0 Å². The molecular formula is C27H41NO7. The Hall–Kier alpha value is -2.12. The van der Waals surface area contributed by atoms with Crippen molar-refractivity contribution in [1.82, 2.24) is 4.90 Å². The van der Waals surface area contributed by atoms with E-state index in [9.17, 15) is 19.2 Å². The second kappa shape index (κ2) is 10.1. The number of carbonyl (C=O) groups excluding carboxylic acids is 4. The third kappa shape index (κ3) is 5.36. The molecule has 0 spiro atoms. The fraction of sp³-hybridized carbons (Fsp3) is 0.852. The third-order valence-corrected chi connectivity index (χ3v) is 9.84. The molecule has 0 bridgehead atoms. The van der Waals surface area contributed by atoms with E-state index in [0.29, 0.717) is 23.7 Å². The van der Waals surface area contributed by atoms with Gasteiger partial charge < -0.3 is 19.1 Å². The number of carbonyl (C=O) groups is 4. The van der Waals surface area contributed by atoms with Crippen LogP contribution in [0.2, 0.25) is 0 Å². The van der Waals surface area contributed by atoms with Gasteiger partial charge in [0.25, 0.3) is 5.91 Å². The van der Waals surface area contributed by atoms with Crippen molar-refractivity contribution in [2.24, 2.45) is 34.5 Å². The Morgan fingerprint density at radius 1 is 0.857 bits per heavy atom. The average molecular weight is 492 g/mol. The number of fused-ring (bicyclic) bond motifs is 5. The van der Waals surface area contributed by atoms with E-state index in [1.807, 2.05) is 4.90 Å². The Kier molecular flexibility index (Phi) is 7.49. The van der Waals surface area contributed by atoms with E-state index in [4.69, 9.17) is 14.2 Å². The minimum atomic E-state index is -0.472. The largest absolute Gasteiger partial charge is 0.460 e. The first-order chi connectivity index (χ1) is 16.5. The van der Waals surface area contributed by atoms with Gasteiger partial charge in [0.1, 0.15) is 6.10 Å². The highest BCUT2D eigenvalue weighted by Crippen LogP contribution is 2.64. The normalized spacial score (nSPS) is 38.3. The number of esters is 3. The molecule has 0 aromatic rings. The highest BCUT2D eigenvalue weighted by atomic mass is 16.6. The fourth-order valence-electron chi connectivity index (χ4n) is 8.14. The molecule has 1 aliphatic heterocycles. The monoisotopic (exact) mass is 491 g/mol. The smallest absolute Gasteiger partial charge is 0.344 e. The number of hydrogen-bond acceptors (Lipinski definition) is 7. The predicted molar refractivity (Wildman–Crippen MR) is 127 cm³/mol. The van der Waals surface area contributed by atoms with E-state index in [1.165, 1.54) is 26.7 Å². The number of rotatable bonds is 5. The zero-order valence-corrected chi connectivity index (χ0v) is 21.7. The van der Waals surface area contributed by atoms with E-state index >= 15 is 0 Å². The molecule has 0 aromatic carbocycles. The molecule has 0 radical (unpaired) electrons. The number of ether oxygens (including phenoxy) is 3. The van der Waals surface area contributed by atoms with Crippen molar-refractivity contribution < 1.29 is 33.4 Å². The Labute approximate surface area is 208 Å². The molecule has 35 heavy (non-hydrogen) atoms. The van der Waals surface area contributed by atoms with Crippen LogP contribution in [0.1, 0.15) is 79.1 Å². The molecule has 0 aromatic heterocycles. The summed E-state index contributed by atoms with van der Waals surface area (Å²) in [7, 11) is 0. The van der Waals surface area contributed by atoms with E-state index in [-0.39, 0.29) is 36.1 Å². The molecule has 3 saturated carbocycles. The number of amides is 1. The van der Waals surface area contributed by atoms with Crippen molar-refractivity contribution in [2.75, 3.05) is 26.3 Å². The second-order valence-electron chi connectivity index (χ2n) is 11.9. The maximum absolute atomic E-state index is 12.6. The van der Waals surface area contributed by atoms with E-state index in [2.05, 4.69) is 13.8 Å². The minimum Gasteiger partial charge on any atom is -0.460 e. The molecule has 8 nitrogen and oxygen atoms in total. The molecule has 1 heterocycles. The van der Waals surface area contributed by atoms with Crippen LogP contribution in [0.4, 0.5) is 0 Å². The summed E-state index contributed by atoms with van der Waals surface area (Å²) in [6.07, 6.45) is 8.37. The van der Waals surface area contributed by atoms with Crippen molar-refractivity contribution in [1.29, 1.82) is 0 Å². The summed E-state index contributed by atoms with van der Waals surface area (Å²) in [4.78, 5) is 48.7. The maximum atomic E-state index is 12.6. The Morgan fingerprint density at radius 2 is 1.57 bits per heavy atom. The average Bonchev–Trinajstić information content (AvgIpc) is 2.80. The zero-order valence-electron chi connectivity index (χ0n) is 21.7. The topological polar surface area (TPSA) is 99.2 Å². The van der Waals surface area contributed by atoms with Crippen LogP contribution in [0.15, 0.2) is 0 Å². The molecule has 4 rings (SSSR count). The van der Waals surface area contributed by atoms with Crippen LogP contribution in [-0.4, -0.2) is 61.1 Å². The lowest BCUT2D eigenvalue weighted by atomic mass is 9.44. The van der Waals surface area contributed by atoms with Crippen LogP contribution in [0.3, 0.4) is 0 Å². The van der Waals surface area contributed by atoms with Gasteiger partial charge in [-0.25, -0.2) is 4.79 Å². The van der Waals surface area contributed by atoms with E-state index in [1.54, 1.807) is 0 Å². The van der Waals surface area contributed by atoms with Crippen LogP contribution >= 0.6 is 0 Å². The molecule has 196 valence electrons. The van der Waals surface area contributed by atoms with Gasteiger partial charge in [0.15, 0.2) is 13.2 Å². The van der Waals surface area contributed by atoms with Crippen LogP contribution in [-0.2, 0) is 33.4 Å². The Bertz CT molecular complexity index is 858. The van der Waals surface area contributed by atoms with Gasteiger partial charge in [-0.15, -0.1) is 0 Å². The van der Waals surface area contributed by atoms with Crippen molar-refractivity contribution in [2.45, 2.75) is 85.2 Å². The lowest BCUT2D eigenvalue weighted by molar-refractivity contribution is -0.174. The van der Waals surface area contributed by atoms with E-state index < -0.39 is 17.9 Å². The molecule has 0 N–H and O–H groups in total. The van der Waals surface area contributed by atoms with Gasteiger partial charge >= 0.3 is 17.9 Å². The predicted octanol–water partition coefficient (Wildman–Crippen LogP) is 3.51. The third-order valence-electron chi connectivity index (χ3n) is 9.84. The summed E-state index contributed by atoms with van der Waals surface area (Å²) in [6, 6.07) is 0. The standard InChI is InChI=1S/C27H41NO7/c1-17(29)33-14-24(31)28-12-9-22-21-6-5-19-13-20(35-25(32)15-34-18(2)30)7-11-27(19,4)23(21)8-10-26(22,3)16-28/h19-23H,5-16H2,1-4H3/t19-,20+,21-,22-,23-,26+,27-/m0/s1. The summed E-state index contributed by atoms with van der Waals surface area (Å²) in [5.41, 5.74) is 0.364. The molecule has 8 heteroatoms. The molecule has 3 aliphatic carbocycles. The SMILES string of the molecule is CC(=O)OCC(=O)O[C@@H]1CC[C@@]2(C)[C@@H](CC[C@H]3[C@@H]4CCN(C(=O)COC(C)=O)C[C@@]4(C)CC[C@@H]32)C1. The van der Waals surface area contributed by atoms with Gasteiger partial charge in [-0.1, -0.05) is 13.8 Å². The minimum absolute atomic E-state index is 0.0840. The number of piperidine rings is 1. The maximum Gasteiger partial charge on any atom is 0.344 e. The molecule has 0 unspecified atom stereocenters. The molecule has 4 aliphatic rings. The summed E-state index contributed by atoms with van der Waals surface area (Å²) < 4.78 is 15.4. The first-order valence-corrected chi connectivity index (χ1v) is 13.3. The van der Waals surface area contributed by atoms with Gasteiger partial charge in [0.2, 0.25) is 0 Å².